The van der Waals surface area contributed by atoms with E-state index >= 15 is 0 Å². The van der Waals surface area contributed by atoms with E-state index in [9.17, 15) is 0 Å². The first kappa shape index (κ1) is 15.4. The van der Waals surface area contributed by atoms with Crippen LogP contribution in [0.5, 0.6) is 0 Å². The highest BCUT2D eigenvalue weighted by molar-refractivity contribution is 7.11. The molecule has 1 aromatic heterocycles. The predicted molar refractivity (Wildman–Crippen MR) is 90.0 cm³/mol. The van der Waals surface area contributed by atoms with Crippen LogP contribution in [0.15, 0.2) is 0 Å². The molecule has 0 spiro atoms. The lowest BCUT2D eigenvalue weighted by molar-refractivity contribution is 0.161. The minimum absolute atomic E-state index is 0.717. The van der Waals surface area contributed by atoms with E-state index < -0.39 is 0 Å². The molecule has 1 N–H and O–H groups in total. The van der Waals surface area contributed by atoms with Gasteiger partial charge in [-0.3, -0.25) is 0 Å². The third-order valence-corrected chi connectivity index (χ3v) is 6.52. The summed E-state index contributed by atoms with van der Waals surface area (Å²) in [5, 5.41) is 4.91. The second-order valence-electron chi connectivity index (χ2n) is 6.67. The van der Waals surface area contributed by atoms with E-state index in [2.05, 4.69) is 31.1 Å². The van der Waals surface area contributed by atoms with Gasteiger partial charge >= 0.3 is 0 Å². The van der Waals surface area contributed by atoms with Gasteiger partial charge in [0.25, 0.3) is 0 Å². The topological polar surface area (TPSA) is 28.2 Å². The van der Waals surface area contributed by atoms with Gasteiger partial charge < -0.3 is 10.2 Å². The Hall–Kier alpha value is -0.450. The molecule has 3 heterocycles. The summed E-state index contributed by atoms with van der Waals surface area (Å²) in [6.45, 7) is 6.47. The van der Waals surface area contributed by atoms with Crippen LogP contribution in [-0.2, 0) is 13.0 Å². The molecule has 2 fully saturated rings. The number of aryl methyl sites for hydroxylation is 1. The molecule has 2 bridgehead atoms. The minimum atomic E-state index is 0.717. The molecular weight excluding hydrogens is 278 g/mol. The average molecular weight is 308 g/mol. The third-order valence-electron chi connectivity index (χ3n) is 5.26. The number of nitrogens with zero attached hydrogens (tertiary/aromatic N) is 2. The van der Waals surface area contributed by atoms with Crippen LogP contribution < -0.4 is 5.32 Å². The van der Waals surface area contributed by atoms with Gasteiger partial charge in [0.05, 0.1) is 10.7 Å². The molecule has 118 valence electrons. The van der Waals surface area contributed by atoms with Crippen LogP contribution >= 0.6 is 11.3 Å². The van der Waals surface area contributed by atoms with Gasteiger partial charge in [-0.1, -0.05) is 20.3 Å². The first-order valence-corrected chi connectivity index (χ1v) is 9.45. The van der Waals surface area contributed by atoms with E-state index in [0.717, 1.165) is 37.5 Å². The zero-order valence-corrected chi connectivity index (χ0v) is 14.5. The van der Waals surface area contributed by atoms with Gasteiger partial charge in [-0.2, -0.15) is 0 Å². The Labute approximate surface area is 133 Å². The fraction of sp³-hybridized carbons (Fsp3) is 0.824. The number of hydrogen-bond donors (Lipinski definition) is 1. The normalized spacial score (nSPS) is 29.2. The number of hydrogen-bond acceptors (Lipinski definition) is 4. The zero-order valence-electron chi connectivity index (χ0n) is 13.7. The van der Waals surface area contributed by atoms with Crippen molar-refractivity contribution in [2.75, 3.05) is 13.6 Å². The van der Waals surface area contributed by atoms with Gasteiger partial charge in [-0.05, 0) is 45.7 Å². The Balaban J connectivity index is 1.76. The average Bonchev–Trinajstić information content (AvgIpc) is 2.94. The van der Waals surface area contributed by atoms with Crippen molar-refractivity contribution in [3.63, 3.8) is 0 Å². The monoisotopic (exact) mass is 307 g/mol. The molecule has 2 unspecified atom stereocenters. The summed E-state index contributed by atoms with van der Waals surface area (Å²) in [6.07, 6.45) is 7.78. The van der Waals surface area contributed by atoms with Gasteiger partial charge in [0.1, 0.15) is 0 Å². The van der Waals surface area contributed by atoms with Gasteiger partial charge in [0.2, 0.25) is 0 Å². The molecule has 0 amide bonds. The molecule has 2 saturated heterocycles. The molecule has 2 aliphatic rings. The molecule has 0 aliphatic carbocycles. The van der Waals surface area contributed by atoms with E-state index in [0.29, 0.717) is 0 Å². The minimum Gasteiger partial charge on any atom is -0.312 e. The van der Waals surface area contributed by atoms with E-state index in [1.54, 1.807) is 0 Å². The summed E-state index contributed by atoms with van der Waals surface area (Å²) in [5.41, 5.74) is 1.37. The molecule has 3 nitrogen and oxygen atoms in total. The Morgan fingerprint density at radius 2 is 1.95 bits per heavy atom. The van der Waals surface area contributed by atoms with Crippen molar-refractivity contribution in [3.8, 4) is 0 Å². The molecule has 4 heteroatoms. The van der Waals surface area contributed by atoms with Crippen LogP contribution in [0, 0.1) is 0 Å². The largest absolute Gasteiger partial charge is 0.312 e. The van der Waals surface area contributed by atoms with E-state index in [1.165, 1.54) is 47.7 Å². The Bertz CT molecular complexity index is 457. The van der Waals surface area contributed by atoms with Gasteiger partial charge in [-0.25, -0.2) is 4.98 Å². The quantitative estimate of drug-likeness (QED) is 0.871. The molecule has 2 atom stereocenters. The van der Waals surface area contributed by atoms with E-state index in [-0.39, 0.29) is 0 Å². The van der Waals surface area contributed by atoms with Gasteiger partial charge in [-0.15, -0.1) is 11.3 Å². The van der Waals surface area contributed by atoms with Crippen LogP contribution in [0.4, 0.5) is 0 Å². The predicted octanol–water partition coefficient (Wildman–Crippen LogP) is 3.55. The number of fused-ring (bicyclic) bond motifs is 2. The van der Waals surface area contributed by atoms with Crippen molar-refractivity contribution < 1.29 is 0 Å². The van der Waals surface area contributed by atoms with Crippen LogP contribution in [0.3, 0.4) is 0 Å². The van der Waals surface area contributed by atoms with Gasteiger partial charge in [0.15, 0.2) is 0 Å². The summed E-state index contributed by atoms with van der Waals surface area (Å²) >= 11 is 1.99. The fourth-order valence-electron chi connectivity index (χ4n) is 4.00. The van der Waals surface area contributed by atoms with E-state index in [4.69, 9.17) is 4.98 Å². The number of nitrogens with one attached hydrogen (secondary N) is 1. The van der Waals surface area contributed by atoms with Crippen LogP contribution in [0.1, 0.15) is 67.4 Å². The summed E-state index contributed by atoms with van der Waals surface area (Å²) in [6, 6.07) is 1.62. The summed E-state index contributed by atoms with van der Waals surface area (Å²) in [5.74, 6) is 0.717. The molecule has 21 heavy (non-hydrogen) atoms. The smallest absolute Gasteiger partial charge is 0.0963 e. The molecule has 0 saturated carbocycles. The van der Waals surface area contributed by atoms with Crippen molar-refractivity contribution in [2.45, 2.75) is 76.9 Å². The van der Waals surface area contributed by atoms with Crippen molar-refractivity contribution >= 4 is 11.3 Å². The summed E-state index contributed by atoms with van der Waals surface area (Å²) in [7, 11) is 2.32. The SMILES string of the molecule is CCCc1nc(C2CC3CCC(C2)N3C)sc1CNCC. The molecule has 3 rings (SSSR count). The van der Waals surface area contributed by atoms with Crippen molar-refractivity contribution in [3.05, 3.63) is 15.6 Å². The van der Waals surface area contributed by atoms with Crippen molar-refractivity contribution in [1.29, 1.82) is 0 Å². The lowest BCUT2D eigenvalue weighted by Gasteiger charge is -2.35. The number of aromatic nitrogens is 1. The number of piperidine rings is 1. The Kier molecular flexibility index (Phi) is 4.97. The van der Waals surface area contributed by atoms with E-state index in [1.807, 2.05) is 11.3 Å². The maximum Gasteiger partial charge on any atom is 0.0963 e. The molecular formula is C17H29N3S. The summed E-state index contributed by atoms with van der Waals surface area (Å²) < 4.78 is 0. The molecule has 2 aliphatic heterocycles. The highest BCUT2D eigenvalue weighted by Crippen LogP contribution is 2.43. The van der Waals surface area contributed by atoms with Gasteiger partial charge in [0, 0.05) is 29.4 Å². The standard InChI is InChI=1S/C17H29N3S/c1-4-6-15-16(11-18-5-2)21-17(19-15)12-9-13-7-8-14(10-12)20(13)3/h12-14,18H,4-11H2,1-3H3. The van der Waals surface area contributed by atoms with Crippen molar-refractivity contribution in [1.82, 2.24) is 15.2 Å². The lowest BCUT2D eigenvalue weighted by atomic mass is 9.92. The third kappa shape index (κ3) is 3.17. The highest BCUT2D eigenvalue weighted by Gasteiger charge is 2.39. The van der Waals surface area contributed by atoms with Crippen LogP contribution in [0.2, 0.25) is 0 Å². The Morgan fingerprint density at radius 3 is 2.57 bits per heavy atom. The second-order valence-corrected chi connectivity index (χ2v) is 7.79. The van der Waals surface area contributed by atoms with Crippen LogP contribution in [-0.4, -0.2) is 35.6 Å². The zero-order chi connectivity index (χ0) is 14.8. The molecule has 0 radical (unpaired) electrons. The van der Waals surface area contributed by atoms with Crippen molar-refractivity contribution in [2.24, 2.45) is 0 Å². The number of thiazole rings is 1. The second kappa shape index (κ2) is 6.76. The summed E-state index contributed by atoms with van der Waals surface area (Å²) in [4.78, 5) is 9.17. The fourth-order valence-corrected chi connectivity index (χ4v) is 5.21. The molecule has 0 aromatic carbocycles. The maximum atomic E-state index is 5.06. The van der Waals surface area contributed by atoms with Crippen LogP contribution in [0.25, 0.3) is 0 Å². The first-order chi connectivity index (χ1) is 10.2. The molecule has 1 aromatic rings. The first-order valence-electron chi connectivity index (χ1n) is 8.64. The highest BCUT2D eigenvalue weighted by atomic mass is 32.1. The lowest BCUT2D eigenvalue weighted by Crippen LogP contribution is -2.39. The maximum absolute atomic E-state index is 5.06. The Morgan fingerprint density at radius 1 is 1.24 bits per heavy atom. The number of rotatable bonds is 6.